The van der Waals surface area contributed by atoms with Gasteiger partial charge in [0.2, 0.25) is 0 Å². The Morgan fingerprint density at radius 2 is 0.780 bits per heavy atom. The van der Waals surface area contributed by atoms with Gasteiger partial charge in [-0.2, -0.15) is 0 Å². The van der Waals surface area contributed by atoms with Crippen molar-refractivity contribution in [3.05, 3.63) is 276 Å². The predicted molar refractivity (Wildman–Crippen MR) is 310 cm³/mol. The molecule has 0 unspecified atom stereocenters. The van der Waals surface area contributed by atoms with E-state index in [0.717, 1.165) is 33.4 Å². The summed E-state index contributed by atoms with van der Waals surface area (Å²) in [5.41, 5.74) is 6.55. The van der Waals surface area contributed by atoms with Gasteiger partial charge < -0.3 is 51.8 Å². The van der Waals surface area contributed by atoms with E-state index in [0.29, 0.717) is 28.5 Å². The molecule has 0 saturated carbocycles. The summed E-state index contributed by atoms with van der Waals surface area (Å²) in [5, 5.41) is 0.381. The van der Waals surface area contributed by atoms with E-state index >= 15 is 0 Å². The Balaban J connectivity index is 0.973. The van der Waals surface area contributed by atoms with Crippen LogP contribution in [0.1, 0.15) is 43.7 Å². The molecular weight excluding hydrogens is 1050 g/mol. The second-order valence-electron chi connectivity index (χ2n) is 20.0. The zero-order valence-electron chi connectivity index (χ0n) is 45.2. The van der Waals surface area contributed by atoms with Crippen LogP contribution in [0.2, 0.25) is 0 Å². The summed E-state index contributed by atoms with van der Waals surface area (Å²) in [5.74, 6) is -0.600. The summed E-state index contributed by atoms with van der Waals surface area (Å²) in [4.78, 5) is 19.4. The lowest BCUT2D eigenvalue weighted by Gasteiger charge is -2.47. The lowest BCUT2D eigenvalue weighted by atomic mass is 9.97. The third-order valence-corrected chi connectivity index (χ3v) is 15.2. The fraction of sp³-hybridized carbons (Fsp3) is 0.265. The van der Waals surface area contributed by atoms with Crippen LogP contribution in [0.25, 0.3) is 11.1 Å². The standard InChI is InChI=1S/C68H65NO12S/c70-65(54-36-20-7-21-37-54)81-63-61(74-43-51-30-14-4-15-31-51)59(72-41-49-26-10-2-11-27-49)57(46-71-40-48-24-8-1-9-25-48)78-66(63)77-47-58-60(73-42-50-28-12-3-13-29-50)62(75-44-52-32-16-5-17-33-52)64(76-45-53-34-18-6-19-35-53)67(79-58)82-68-69-55-38-22-23-39-56(55)80-68/h1-39,57-64,66-67H,40-47H2/t57-,58-,59+,60+,61+,62+,63-,64-,66-,67+/m1/s1. The highest BCUT2D eigenvalue weighted by Crippen LogP contribution is 2.40. The number of carbonyl (C=O) groups excluding carboxylic acids is 1. The van der Waals surface area contributed by atoms with Crippen LogP contribution in [0.15, 0.2) is 246 Å². The Kier molecular flexibility index (Phi) is 20.1. The zero-order valence-corrected chi connectivity index (χ0v) is 46.0. The van der Waals surface area contributed by atoms with Gasteiger partial charge in [0.1, 0.15) is 53.7 Å². The summed E-state index contributed by atoms with van der Waals surface area (Å²) in [6.07, 6.45) is -8.29. The molecule has 0 N–H and O–H groups in total. The van der Waals surface area contributed by atoms with Crippen LogP contribution in [0, 0.1) is 0 Å². The molecule has 13 nitrogen and oxygen atoms in total. The van der Waals surface area contributed by atoms with E-state index in [4.69, 9.17) is 56.8 Å². The Morgan fingerprint density at radius 1 is 0.390 bits per heavy atom. The molecule has 82 heavy (non-hydrogen) atoms. The van der Waals surface area contributed by atoms with Crippen LogP contribution in [-0.2, 0) is 87.0 Å². The number of aromatic nitrogens is 1. The topological polar surface area (TPSA) is 135 Å². The smallest absolute Gasteiger partial charge is 0.338 e. The van der Waals surface area contributed by atoms with Crippen LogP contribution in [0.5, 0.6) is 0 Å². The van der Waals surface area contributed by atoms with E-state index in [1.54, 1.807) is 24.3 Å². The van der Waals surface area contributed by atoms with Gasteiger partial charge >= 0.3 is 5.97 Å². The monoisotopic (exact) mass is 1120 g/mol. The van der Waals surface area contributed by atoms with Crippen molar-refractivity contribution in [2.45, 2.75) is 105 Å². The van der Waals surface area contributed by atoms with Crippen LogP contribution in [0.3, 0.4) is 0 Å². The lowest BCUT2D eigenvalue weighted by Crippen LogP contribution is -2.63. The van der Waals surface area contributed by atoms with E-state index < -0.39 is 66.5 Å². The van der Waals surface area contributed by atoms with Gasteiger partial charge in [0.05, 0.1) is 58.4 Å². The number of para-hydroxylation sites is 2. The van der Waals surface area contributed by atoms with Crippen molar-refractivity contribution in [2.24, 2.45) is 0 Å². The largest absolute Gasteiger partial charge is 0.450 e. The number of hydrogen-bond donors (Lipinski definition) is 0. The van der Waals surface area contributed by atoms with Crippen LogP contribution in [-0.4, -0.2) is 84.7 Å². The highest BCUT2D eigenvalue weighted by Gasteiger charge is 2.53. The number of benzene rings is 8. The van der Waals surface area contributed by atoms with E-state index in [1.807, 2.05) is 212 Å². The van der Waals surface area contributed by atoms with E-state index in [9.17, 15) is 4.79 Å². The average molecular weight is 1120 g/mol. The molecule has 0 amide bonds. The fourth-order valence-electron chi connectivity index (χ4n) is 9.99. The van der Waals surface area contributed by atoms with Crippen molar-refractivity contribution >= 4 is 28.8 Å². The normalized spacial score (nSPS) is 22.6. The number of oxazole rings is 1. The maximum atomic E-state index is 14.5. The number of rotatable bonds is 26. The molecule has 420 valence electrons. The van der Waals surface area contributed by atoms with E-state index in [-0.39, 0.29) is 46.2 Å². The number of nitrogens with zero attached hydrogens (tertiary/aromatic N) is 1. The van der Waals surface area contributed by atoms with Gasteiger partial charge in [-0.15, -0.1) is 0 Å². The van der Waals surface area contributed by atoms with Gasteiger partial charge in [0.15, 0.2) is 18.0 Å². The second-order valence-corrected chi connectivity index (χ2v) is 21.1. The van der Waals surface area contributed by atoms with Gasteiger partial charge in [-0.05, 0) is 69.4 Å². The molecule has 0 aliphatic carbocycles. The Hall–Kier alpha value is -7.31. The van der Waals surface area contributed by atoms with Gasteiger partial charge in [-0.1, -0.05) is 212 Å². The maximum Gasteiger partial charge on any atom is 0.338 e. The molecule has 3 heterocycles. The molecule has 10 atom stereocenters. The minimum atomic E-state index is -1.27. The van der Waals surface area contributed by atoms with Crippen molar-refractivity contribution in [2.75, 3.05) is 13.2 Å². The van der Waals surface area contributed by atoms with Gasteiger partial charge in [-0.25, -0.2) is 9.78 Å². The van der Waals surface area contributed by atoms with Crippen molar-refractivity contribution in [3.63, 3.8) is 0 Å². The molecule has 2 aliphatic heterocycles. The molecule has 1 aromatic heterocycles. The first kappa shape index (κ1) is 56.5. The minimum absolute atomic E-state index is 0.0700. The molecule has 14 heteroatoms. The first-order valence-electron chi connectivity index (χ1n) is 27.7. The minimum Gasteiger partial charge on any atom is -0.450 e. The van der Waals surface area contributed by atoms with Gasteiger partial charge in [0, 0.05) is 0 Å². The third kappa shape index (κ3) is 15.4. The van der Waals surface area contributed by atoms with E-state index in [1.165, 1.54) is 11.8 Å². The molecular formula is C68H65NO12S. The SMILES string of the molecule is O=C(O[C@H]1[C@H](OC[C@H]2O[C@@H](Sc3nc4ccccc4o3)[C@H](OCc3ccccc3)[C@@H](OCc3ccccc3)[C@H]2OCc2ccccc2)O[C@H](COCc2ccccc2)[C@H](OCc2ccccc2)[C@@H]1OCc1ccccc1)c1ccccc1. The Labute approximate surface area is 482 Å². The highest BCUT2D eigenvalue weighted by atomic mass is 32.2. The van der Waals surface area contributed by atoms with Crippen molar-refractivity contribution in [3.8, 4) is 0 Å². The summed E-state index contributed by atoms with van der Waals surface area (Å²) in [6.45, 7) is 1.26. The summed E-state index contributed by atoms with van der Waals surface area (Å²) in [6, 6.07) is 76.0. The van der Waals surface area contributed by atoms with Gasteiger partial charge in [0.25, 0.3) is 5.22 Å². The van der Waals surface area contributed by atoms with Gasteiger partial charge in [-0.3, -0.25) is 0 Å². The molecule has 0 bridgehead atoms. The number of hydrogen-bond acceptors (Lipinski definition) is 14. The van der Waals surface area contributed by atoms with Crippen molar-refractivity contribution in [1.82, 2.24) is 4.98 Å². The molecule has 11 rings (SSSR count). The first-order chi connectivity index (χ1) is 40.6. The molecule has 2 aliphatic rings. The molecule has 2 fully saturated rings. The molecule has 9 aromatic rings. The van der Waals surface area contributed by atoms with Crippen LogP contribution < -0.4 is 0 Å². The summed E-state index contributed by atoms with van der Waals surface area (Å²) >= 11 is 1.29. The number of thioether (sulfide) groups is 1. The molecule has 0 radical (unpaired) electrons. The number of fused-ring (bicyclic) bond motifs is 1. The molecule has 8 aromatic carbocycles. The fourth-order valence-corrected chi connectivity index (χ4v) is 11.0. The first-order valence-corrected chi connectivity index (χ1v) is 28.5. The Bertz CT molecular complexity index is 3260. The van der Waals surface area contributed by atoms with Crippen LogP contribution >= 0.6 is 11.8 Å². The summed E-state index contributed by atoms with van der Waals surface area (Å²) in [7, 11) is 0. The quantitative estimate of drug-likeness (QED) is 0.0476. The summed E-state index contributed by atoms with van der Waals surface area (Å²) < 4.78 is 76.1. The lowest BCUT2D eigenvalue weighted by molar-refractivity contribution is -0.328. The van der Waals surface area contributed by atoms with E-state index in [2.05, 4.69) is 0 Å². The molecule has 2 saturated heterocycles. The predicted octanol–water partition coefficient (Wildman–Crippen LogP) is 12.8. The Morgan fingerprint density at radius 3 is 1.26 bits per heavy atom. The second kappa shape index (κ2) is 29.1. The number of carbonyl (C=O) groups is 1. The molecule has 0 spiro atoms. The van der Waals surface area contributed by atoms with Crippen molar-refractivity contribution < 1.29 is 56.6 Å². The average Bonchev–Trinajstić information content (AvgIpc) is 4.07. The van der Waals surface area contributed by atoms with Crippen molar-refractivity contribution in [1.29, 1.82) is 0 Å². The van der Waals surface area contributed by atoms with Crippen LogP contribution in [0.4, 0.5) is 0 Å². The number of esters is 1. The third-order valence-electron chi connectivity index (χ3n) is 14.2. The highest BCUT2D eigenvalue weighted by molar-refractivity contribution is 7.99. The number of ether oxygens (including phenoxy) is 10. The zero-order chi connectivity index (χ0) is 55.6. The maximum absolute atomic E-state index is 14.5.